The summed E-state index contributed by atoms with van der Waals surface area (Å²) >= 11 is 6.43. The van der Waals surface area contributed by atoms with Gasteiger partial charge in [-0.25, -0.2) is 12.7 Å². The smallest absolute Gasteiger partial charge is 0.242 e. The second kappa shape index (κ2) is 8.30. The molecule has 9 heteroatoms. The van der Waals surface area contributed by atoms with E-state index in [-0.39, 0.29) is 17.6 Å². The molecule has 1 fully saturated rings. The van der Waals surface area contributed by atoms with Gasteiger partial charge in [0.1, 0.15) is 0 Å². The molecule has 0 aromatic heterocycles. The molecule has 7 nitrogen and oxygen atoms in total. The first kappa shape index (κ1) is 22.7. The van der Waals surface area contributed by atoms with E-state index in [4.69, 9.17) is 21.1 Å². The Kier molecular flexibility index (Phi) is 5.55. The number of hydrogen-bond acceptors (Lipinski definition) is 5. The Morgan fingerprint density at radius 1 is 0.971 bits per heavy atom. The lowest BCUT2D eigenvalue weighted by Gasteiger charge is -2.17. The Balaban J connectivity index is 1.39. The number of nitrogens with zero attached hydrogens (tertiary/aromatic N) is 1. The molecular formula is C25H23ClN2O5S. The minimum Gasteiger partial charge on any atom is -0.454 e. The van der Waals surface area contributed by atoms with E-state index in [9.17, 15) is 13.2 Å². The lowest BCUT2D eigenvalue weighted by molar-refractivity contribution is -0.118. The van der Waals surface area contributed by atoms with Gasteiger partial charge in [-0.15, -0.1) is 0 Å². The fourth-order valence-electron chi connectivity index (χ4n) is 4.06. The molecule has 0 spiro atoms. The van der Waals surface area contributed by atoms with Gasteiger partial charge >= 0.3 is 0 Å². The number of amides is 1. The van der Waals surface area contributed by atoms with Gasteiger partial charge in [0, 0.05) is 30.4 Å². The molecule has 1 aliphatic carbocycles. The third-order valence-electron chi connectivity index (χ3n) is 6.28. The summed E-state index contributed by atoms with van der Waals surface area (Å²) in [5, 5.41) is 3.52. The summed E-state index contributed by atoms with van der Waals surface area (Å²) in [6, 6.07) is 17.4. The Hall–Kier alpha value is -3.07. The van der Waals surface area contributed by atoms with Crippen LogP contribution in [0.4, 0.5) is 5.69 Å². The molecule has 34 heavy (non-hydrogen) atoms. The van der Waals surface area contributed by atoms with E-state index < -0.39 is 15.4 Å². The molecule has 176 valence electrons. The summed E-state index contributed by atoms with van der Waals surface area (Å²) in [4.78, 5) is 13.5. The van der Waals surface area contributed by atoms with E-state index >= 15 is 0 Å². The third kappa shape index (κ3) is 3.91. The summed E-state index contributed by atoms with van der Waals surface area (Å²) < 4.78 is 36.7. The van der Waals surface area contributed by atoms with Crippen LogP contribution >= 0.6 is 11.6 Å². The van der Waals surface area contributed by atoms with Crippen LogP contribution in [-0.4, -0.2) is 39.5 Å². The normalized spacial score (nSPS) is 15.9. The van der Waals surface area contributed by atoms with Crippen molar-refractivity contribution in [2.75, 3.05) is 26.2 Å². The van der Waals surface area contributed by atoms with E-state index in [0.29, 0.717) is 27.8 Å². The highest BCUT2D eigenvalue weighted by Gasteiger charge is 2.51. The molecule has 1 aliphatic heterocycles. The van der Waals surface area contributed by atoms with Crippen LogP contribution in [0, 0.1) is 0 Å². The van der Waals surface area contributed by atoms with Crippen LogP contribution in [0.1, 0.15) is 18.4 Å². The average molecular weight is 499 g/mol. The fourth-order valence-corrected chi connectivity index (χ4v) is 5.19. The van der Waals surface area contributed by atoms with Gasteiger partial charge in [-0.3, -0.25) is 4.79 Å². The van der Waals surface area contributed by atoms with Gasteiger partial charge in [0.2, 0.25) is 22.7 Å². The van der Waals surface area contributed by atoms with E-state index in [1.54, 1.807) is 42.5 Å². The fraction of sp³-hybridized carbons (Fsp3) is 0.240. The van der Waals surface area contributed by atoms with Gasteiger partial charge in [0.05, 0.1) is 10.3 Å². The Labute approximate surface area is 203 Å². The van der Waals surface area contributed by atoms with Gasteiger partial charge in [-0.2, -0.15) is 0 Å². The maximum Gasteiger partial charge on any atom is 0.242 e. The summed E-state index contributed by atoms with van der Waals surface area (Å²) in [7, 11) is -0.546. The van der Waals surface area contributed by atoms with Crippen molar-refractivity contribution in [2.45, 2.75) is 23.2 Å². The van der Waals surface area contributed by atoms with Crippen LogP contribution in [-0.2, 0) is 20.2 Å². The van der Waals surface area contributed by atoms with Gasteiger partial charge in [0.25, 0.3) is 0 Å². The third-order valence-corrected chi connectivity index (χ3v) is 8.44. The monoisotopic (exact) mass is 498 g/mol. The van der Waals surface area contributed by atoms with Crippen molar-refractivity contribution in [3.8, 4) is 22.6 Å². The highest BCUT2D eigenvalue weighted by atomic mass is 35.5. The van der Waals surface area contributed by atoms with Crippen LogP contribution < -0.4 is 14.8 Å². The van der Waals surface area contributed by atoms with E-state index in [1.807, 2.05) is 18.2 Å². The van der Waals surface area contributed by atoms with Gasteiger partial charge < -0.3 is 14.8 Å². The van der Waals surface area contributed by atoms with Crippen LogP contribution in [0.25, 0.3) is 11.1 Å². The maximum atomic E-state index is 13.3. The molecule has 0 atom stereocenters. The predicted octanol–water partition coefficient (Wildman–Crippen LogP) is 4.66. The largest absolute Gasteiger partial charge is 0.454 e. The number of nitrogens with one attached hydrogen (secondary N) is 1. The lowest BCUT2D eigenvalue weighted by atomic mass is 9.94. The standard InChI is InChI=1S/C25H23ClN2O5S/c1-28(2)34(30,31)19-7-3-16(4-8-19)20-14-18(6-9-21(20)26)27-24(29)25(11-12-25)17-5-10-22-23(13-17)33-15-32-22/h3-10,13-14H,11-12,15H2,1-2H3,(H,27,29). The van der Waals surface area contributed by atoms with Gasteiger partial charge in [-0.1, -0.05) is 29.8 Å². The number of carbonyl (C=O) groups is 1. The summed E-state index contributed by atoms with van der Waals surface area (Å²) in [6.45, 7) is 0.188. The Morgan fingerprint density at radius 2 is 1.68 bits per heavy atom. The van der Waals surface area contributed by atoms with Crippen LogP contribution in [0.3, 0.4) is 0 Å². The Bertz CT molecular complexity index is 1380. The van der Waals surface area contributed by atoms with Gasteiger partial charge in [-0.05, 0) is 66.4 Å². The number of sulfonamides is 1. The van der Waals surface area contributed by atoms with Crippen molar-refractivity contribution >= 4 is 33.2 Å². The molecule has 5 rings (SSSR count). The maximum absolute atomic E-state index is 13.3. The highest BCUT2D eigenvalue weighted by molar-refractivity contribution is 7.89. The van der Waals surface area contributed by atoms with Gasteiger partial charge in [0.15, 0.2) is 11.5 Å². The van der Waals surface area contributed by atoms with Crippen molar-refractivity contribution in [3.63, 3.8) is 0 Å². The second-order valence-electron chi connectivity index (χ2n) is 8.61. The predicted molar refractivity (Wildman–Crippen MR) is 130 cm³/mol. The molecule has 2 aliphatic rings. The first-order valence-electron chi connectivity index (χ1n) is 10.7. The quantitative estimate of drug-likeness (QED) is 0.534. The van der Waals surface area contributed by atoms with Crippen molar-refractivity contribution in [3.05, 3.63) is 71.2 Å². The van der Waals surface area contributed by atoms with Crippen LogP contribution in [0.15, 0.2) is 65.6 Å². The molecule has 0 saturated heterocycles. The van der Waals surface area contributed by atoms with Crippen LogP contribution in [0.5, 0.6) is 11.5 Å². The summed E-state index contributed by atoms with van der Waals surface area (Å²) in [5.74, 6) is 1.25. The molecule has 1 saturated carbocycles. The number of benzene rings is 3. The molecule has 0 bridgehead atoms. The second-order valence-corrected chi connectivity index (χ2v) is 11.2. The van der Waals surface area contributed by atoms with E-state index in [0.717, 1.165) is 24.0 Å². The zero-order chi connectivity index (χ0) is 24.1. The number of hydrogen-bond donors (Lipinski definition) is 1. The first-order chi connectivity index (χ1) is 16.2. The number of anilines is 1. The summed E-state index contributed by atoms with van der Waals surface area (Å²) in [5.41, 5.74) is 2.36. The van der Waals surface area contributed by atoms with E-state index in [2.05, 4.69) is 5.32 Å². The number of fused-ring (bicyclic) bond motifs is 1. The number of ether oxygens (including phenoxy) is 2. The molecule has 0 radical (unpaired) electrons. The SMILES string of the molecule is CN(C)S(=O)(=O)c1ccc(-c2cc(NC(=O)C3(c4ccc5c(c4)OCO5)CC3)ccc2Cl)cc1. The summed E-state index contributed by atoms with van der Waals surface area (Å²) in [6.07, 6.45) is 1.50. The number of carbonyl (C=O) groups excluding carboxylic acids is 1. The molecule has 1 amide bonds. The average Bonchev–Trinajstić information content (AvgIpc) is 3.51. The lowest BCUT2D eigenvalue weighted by Crippen LogP contribution is -2.27. The van der Waals surface area contributed by atoms with Crippen LogP contribution in [0.2, 0.25) is 5.02 Å². The van der Waals surface area contributed by atoms with E-state index in [1.165, 1.54) is 18.4 Å². The van der Waals surface area contributed by atoms with Crippen molar-refractivity contribution < 1.29 is 22.7 Å². The molecule has 0 unspecified atom stereocenters. The zero-order valence-corrected chi connectivity index (χ0v) is 20.2. The van der Waals surface area contributed by atoms with Crippen molar-refractivity contribution in [1.29, 1.82) is 0 Å². The first-order valence-corrected chi connectivity index (χ1v) is 12.6. The topological polar surface area (TPSA) is 84.9 Å². The zero-order valence-electron chi connectivity index (χ0n) is 18.7. The van der Waals surface area contributed by atoms with Crippen molar-refractivity contribution in [1.82, 2.24) is 4.31 Å². The molecule has 1 heterocycles. The molecular weight excluding hydrogens is 476 g/mol. The van der Waals surface area contributed by atoms with Crippen molar-refractivity contribution in [2.24, 2.45) is 0 Å². The highest BCUT2D eigenvalue weighted by Crippen LogP contribution is 2.51. The number of rotatable bonds is 6. The Morgan fingerprint density at radius 3 is 2.35 bits per heavy atom. The number of halogens is 1. The molecule has 1 N–H and O–H groups in total. The molecule has 3 aromatic rings. The molecule has 3 aromatic carbocycles. The minimum atomic E-state index is -3.52. The minimum absolute atomic E-state index is 0.0907.